The molecule has 2 nitrogen and oxygen atoms in total. The summed E-state index contributed by atoms with van der Waals surface area (Å²) in [5.41, 5.74) is 4.47. The number of hydrogen-bond acceptors (Lipinski definition) is 2. The molecule has 1 saturated heterocycles. The third-order valence-corrected chi connectivity index (χ3v) is 4.10. The van der Waals surface area contributed by atoms with Crippen LogP contribution in [0.25, 0.3) is 0 Å². The summed E-state index contributed by atoms with van der Waals surface area (Å²) in [6, 6.07) is 7.01. The summed E-state index contributed by atoms with van der Waals surface area (Å²) >= 11 is 0. The average molecular weight is 275 g/mol. The molecule has 0 unspecified atom stereocenters. The highest BCUT2D eigenvalue weighted by Crippen LogP contribution is 2.33. The largest absolute Gasteiger partial charge is 0.375 e. The van der Waals surface area contributed by atoms with Crippen molar-refractivity contribution in [3.05, 3.63) is 29.3 Å². The van der Waals surface area contributed by atoms with Crippen molar-refractivity contribution in [1.29, 1.82) is 0 Å². The van der Waals surface area contributed by atoms with Gasteiger partial charge in [-0.15, -0.1) is 0 Å². The quantitative estimate of drug-likeness (QED) is 0.796. The molecule has 2 heteroatoms. The number of ether oxygens (including phenoxy) is 1. The lowest BCUT2D eigenvalue weighted by Crippen LogP contribution is -2.41. The van der Waals surface area contributed by atoms with Crippen LogP contribution in [0.5, 0.6) is 0 Å². The predicted molar refractivity (Wildman–Crippen MR) is 86.9 cm³/mol. The van der Waals surface area contributed by atoms with Gasteiger partial charge in [0.15, 0.2) is 0 Å². The summed E-state index contributed by atoms with van der Waals surface area (Å²) in [4.78, 5) is 2.50. The summed E-state index contributed by atoms with van der Waals surface area (Å²) in [5.74, 6) is 0.553. The zero-order valence-corrected chi connectivity index (χ0v) is 13.9. The van der Waals surface area contributed by atoms with Gasteiger partial charge in [-0.2, -0.15) is 0 Å². The average Bonchev–Trinajstić information content (AvgIpc) is 2.37. The SMILES string of the molecule is CC(C)c1ccc(C(C)(C)C)cc1N1CCO[C@@H](C)C1. The molecule has 0 radical (unpaired) electrons. The van der Waals surface area contributed by atoms with Crippen LogP contribution in [0, 0.1) is 0 Å². The Balaban J connectivity index is 2.41. The summed E-state index contributed by atoms with van der Waals surface area (Å²) in [6.45, 7) is 16.4. The van der Waals surface area contributed by atoms with Crippen molar-refractivity contribution in [3.8, 4) is 0 Å². The van der Waals surface area contributed by atoms with Crippen LogP contribution in [0.15, 0.2) is 18.2 Å². The van der Waals surface area contributed by atoms with Crippen LogP contribution in [-0.4, -0.2) is 25.8 Å². The molecule has 20 heavy (non-hydrogen) atoms. The van der Waals surface area contributed by atoms with Gasteiger partial charge in [0, 0.05) is 18.8 Å². The van der Waals surface area contributed by atoms with E-state index in [0.29, 0.717) is 12.0 Å². The molecular formula is C18H29NO. The van der Waals surface area contributed by atoms with Crippen molar-refractivity contribution < 1.29 is 4.74 Å². The molecule has 1 atom stereocenters. The van der Waals surface area contributed by atoms with Crippen LogP contribution in [0.4, 0.5) is 5.69 Å². The monoisotopic (exact) mass is 275 g/mol. The van der Waals surface area contributed by atoms with Crippen molar-refractivity contribution in [1.82, 2.24) is 0 Å². The summed E-state index contributed by atoms with van der Waals surface area (Å²) < 4.78 is 5.69. The van der Waals surface area contributed by atoms with E-state index >= 15 is 0 Å². The fourth-order valence-electron chi connectivity index (χ4n) is 2.81. The Labute approximate surface area is 124 Å². The Hall–Kier alpha value is -1.02. The van der Waals surface area contributed by atoms with Gasteiger partial charge in [-0.1, -0.05) is 46.8 Å². The zero-order chi connectivity index (χ0) is 14.9. The van der Waals surface area contributed by atoms with Gasteiger partial charge in [-0.3, -0.25) is 0 Å². The molecule has 1 fully saturated rings. The molecule has 0 spiro atoms. The second-order valence-corrected chi connectivity index (χ2v) is 7.31. The molecular weight excluding hydrogens is 246 g/mol. The lowest BCUT2D eigenvalue weighted by molar-refractivity contribution is 0.0531. The highest BCUT2D eigenvalue weighted by Gasteiger charge is 2.23. The molecule has 0 saturated carbocycles. The van der Waals surface area contributed by atoms with Crippen LogP contribution in [0.3, 0.4) is 0 Å². The van der Waals surface area contributed by atoms with Gasteiger partial charge in [-0.05, 0) is 35.4 Å². The van der Waals surface area contributed by atoms with Gasteiger partial charge in [0.05, 0.1) is 12.7 Å². The molecule has 1 heterocycles. The number of morpholine rings is 1. The van der Waals surface area contributed by atoms with E-state index in [-0.39, 0.29) is 5.41 Å². The smallest absolute Gasteiger partial charge is 0.0722 e. The second-order valence-electron chi connectivity index (χ2n) is 7.31. The number of hydrogen-bond donors (Lipinski definition) is 0. The first-order valence-corrected chi connectivity index (χ1v) is 7.80. The van der Waals surface area contributed by atoms with Gasteiger partial charge in [0.25, 0.3) is 0 Å². The van der Waals surface area contributed by atoms with E-state index in [2.05, 4.69) is 64.6 Å². The number of benzene rings is 1. The van der Waals surface area contributed by atoms with Gasteiger partial charge in [-0.25, -0.2) is 0 Å². The van der Waals surface area contributed by atoms with Crippen molar-refractivity contribution in [2.75, 3.05) is 24.6 Å². The maximum atomic E-state index is 5.69. The summed E-state index contributed by atoms with van der Waals surface area (Å²) in [7, 11) is 0. The van der Waals surface area contributed by atoms with Crippen molar-refractivity contribution in [2.45, 2.75) is 59.0 Å². The zero-order valence-electron chi connectivity index (χ0n) is 13.9. The Bertz CT molecular complexity index is 459. The Morgan fingerprint density at radius 2 is 1.95 bits per heavy atom. The first-order valence-electron chi connectivity index (χ1n) is 7.80. The lowest BCUT2D eigenvalue weighted by Gasteiger charge is -2.36. The fraction of sp³-hybridized carbons (Fsp3) is 0.667. The molecule has 2 rings (SSSR count). The Morgan fingerprint density at radius 3 is 2.50 bits per heavy atom. The maximum Gasteiger partial charge on any atom is 0.0722 e. The first-order chi connectivity index (χ1) is 9.29. The molecule has 0 N–H and O–H groups in total. The van der Waals surface area contributed by atoms with Gasteiger partial charge < -0.3 is 9.64 Å². The Morgan fingerprint density at radius 1 is 1.25 bits per heavy atom. The van der Waals surface area contributed by atoms with E-state index in [1.54, 1.807) is 0 Å². The van der Waals surface area contributed by atoms with Crippen LogP contribution in [0.1, 0.15) is 58.6 Å². The molecule has 1 aromatic rings. The predicted octanol–water partition coefficient (Wildman–Crippen LogP) is 4.33. The molecule has 1 aliphatic rings. The number of anilines is 1. The summed E-state index contributed by atoms with van der Waals surface area (Å²) in [6.07, 6.45) is 0.321. The van der Waals surface area contributed by atoms with Crippen molar-refractivity contribution in [2.24, 2.45) is 0 Å². The Kier molecular flexibility index (Phi) is 4.43. The standard InChI is InChI=1S/C18H29NO/c1-13(2)16-8-7-15(18(4,5)6)11-17(16)19-9-10-20-14(3)12-19/h7-8,11,13-14H,9-10,12H2,1-6H3/t14-/m0/s1. The van der Waals surface area contributed by atoms with Gasteiger partial charge >= 0.3 is 0 Å². The van der Waals surface area contributed by atoms with Crippen molar-refractivity contribution in [3.63, 3.8) is 0 Å². The normalized spacial score (nSPS) is 20.6. The highest BCUT2D eigenvalue weighted by molar-refractivity contribution is 5.58. The van der Waals surface area contributed by atoms with Gasteiger partial charge in [0.2, 0.25) is 0 Å². The third-order valence-electron chi connectivity index (χ3n) is 4.10. The topological polar surface area (TPSA) is 12.5 Å². The van der Waals surface area contributed by atoms with Gasteiger partial charge in [0.1, 0.15) is 0 Å². The van der Waals surface area contributed by atoms with Crippen LogP contribution in [0.2, 0.25) is 0 Å². The van der Waals surface area contributed by atoms with E-state index in [1.165, 1.54) is 16.8 Å². The highest BCUT2D eigenvalue weighted by atomic mass is 16.5. The summed E-state index contributed by atoms with van der Waals surface area (Å²) in [5, 5.41) is 0. The molecule has 1 aliphatic heterocycles. The minimum atomic E-state index is 0.197. The maximum absolute atomic E-state index is 5.69. The van der Waals surface area contributed by atoms with Crippen molar-refractivity contribution >= 4 is 5.69 Å². The van der Waals surface area contributed by atoms with E-state index in [1.807, 2.05) is 0 Å². The van der Waals surface area contributed by atoms with E-state index in [9.17, 15) is 0 Å². The first kappa shape index (κ1) is 15.4. The molecule has 0 aromatic heterocycles. The molecule has 0 aliphatic carbocycles. The minimum absolute atomic E-state index is 0.197. The lowest BCUT2D eigenvalue weighted by atomic mass is 9.85. The second kappa shape index (κ2) is 5.77. The van der Waals surface area contributed by atoms with E-state index in [4.69, 9.17) is 4.74 Å². The van der Waals surface area contributed by atoms with E-state index in [0.717, 1.165) is 19.7 Å². The van der Waals surface area contributed by atoms with Crippen LogP contribution < -0.4 is 4.90 Å². The third kappa shape index (κ3) is 3.35. The number of nitrogens with zero attached hydrogens (tertiary/aromatic N) is 1. The van der Waals surface area contributed by atoms with E-state index < -0.39 is 0 Å². The molecule has 0 amide bonds. The fourth-order valence-corrected chi connectivity index (χ4v) is 2.81. The molecule has 1 aromatic carbocycles. The van der Waals surface area contributed by atoms with Crippen LogP contribution >= 0.6 is 0 Å². The molecule has 112 valence electrons. The minimum Gasteiger partial charge on any atom is -0.375 e. The number of rotatable bonds is 2. The van der Waals surface area contributed by atoms with Crippen LogP contribution in [-0.2, 0) is 10.2 Å². The molecule has 0 bridgehead atoms.